The van der Waals surface area contributed by atoms with Gasteiger partial charge in [0.15, 0.2) is 11.0 Å². The van der Waals surface area contributed by atoms with E-state index >= 15 is 0 Å². The van der Waals surface area contributed by atoms with E-state index in [1.807, 2.05) is 42.2 Å². The molecule has 0 bridgehead atoms. The molecule has 2 heterocycles. The number of aromatic nitrogens is 2. The van der Waals surface area contributed by atoms with E-state index in [9.17, 15) is 4.79 Å². The average Bonchev–Trinajstić information content (AvgIpc) is 3.30. The van der Waals surface area contributed by atoms with Crippen molar-refractivity contribution in [3.63, 3.8) is 0 Å². The first-order valence-corrected chi connectivity index (χ1v) is 7.43. The van der Waals surface area contributed by atoms with E-state index in [2.05, 4.69) is 10.2 Å². The fraction of sp³-hybridized carbons (Fsp3) is 0.312. The molecular formula is C16H14ClN3O. The Kier molecular flexibility index (Phi) is 2.60. The van der Waals surface area contributed by atoms with Gasteiger partial charge in [0, 0.05) is 11.6 Å². The van der Waals surface area contributed by atoms with Gasteiger partial charge in [-0.3, -0.25) is 9.69 Å². The topological polar surface area (TPSA) is 46.1 Å². The Bertz CT molecular complexity index is 730. The standard InChI is InChI=1S/C16H14ClN3O/c1-16(10-5-3-2-4-6-10)12-9-13(17)18-19-14(12)20(15(16)21)11-7-8-11/h2-6,9,11H,7-8H2,1H3. The van der Waals surface area contributed by atoms with Crippen molar-refractivity contribution >= 4 is 23.3 Å². The van der Waals surface area contributed by atoms with E-state index in [-0.39, 0.29) is 11.9 Å². The van der Waals surface area contributed by atoms with Gasteiger partial charge in [0.1, 0.15) is 5.41 Å². The summed E-state index contributed by atoms with van der Waals surface area (Å²) >= 11 is 6.03. The summed E-state index contributed by atoms with van der Waals surface area (Å²) < 4.78 is 0. The van der Waals surface area contributed by atoms with Crippen molar-refractivity contribution in [2.75, 3.05) is 4.90 Å². The number of carbonyl (C=O) groups is 1. The Hall–Kier alpha value is -1.94. The number of anilines is 1. The first-order chi connectivity index (χ1) is 10.1. The molecule has 1 aliphatic heterocycles. The van der Waals surface area contributed by atoms with Gasteiger partial charge in [-0.05, 0) is 31.4 Å². The minimum Gasteiger partial charge on any atom is -0.291 e. The summed E-state index contributed by atoms with van der Waals surface area (Å²) in [7, 11) is 0. The van der Waals surface area contributed by atoms with Crippen molar-refractivity contribution in [3.05, 3.63) is 52.7 Å². The molecule has 0 N–H and O–H groups in total. The first-order valence-electron chi connectivity index (χ1n) is 7.05. The number of hydrogen-bond donors (Lipinski definition) is 0. The van der Waals surface area contributed by atoms with Crippen molar-refractivity contribution in [1.82, 2.24) is 10.2 Å². The lowest BCUT2D eigenvalue weighted by Crippen LogP contribution is -2.40. The van der Waals surface area contributed by atoms with Crippen molar-refractivity contribution in [2.45, 2.75) is 31.2 Å². The number of hydrogen-bond acceptors (Lipinski definition) is 3. The fourth-order valence-corrected chi connectivity index (χ4v) is 3.23. The SMILES string of the molecule is CC1(c2ccccc2)C(=O)N(C2CC2)c2nnc(Cl)cc21. The molecule has 4 nitrogen and oxygen atoms in total. The molecule has 1 unspecified atom stereocenters. The zero-order chi connectivity index (χ0) is 14.6. The van der Waals surface area contributed by atoms with Crippen LogP contribution in [0.3, 0.4) is 0 Å². The molecule has 21 heavy (non-hydrogen) atoms. The summed E-state index contributed by atoms with van der Waals surface area (Å²) in [6.45, 7) is 1.95. The van der Waals surface area contributed by atoms with Crippen LogP contribution in [0.5, 0.6) is 0 Å². The molecule has 1 aromatic carbocycles. The molecule has 0 spiro atoms. The Balaban J connectivity index is 1.96. The summed E-state index contributed by atoms with van der Waals surface area (Å²) in [6.07, 6.45) is 2.06. The Morgan fingerprint density at radius 3 is 2.62 bits per heavy atom. The number of rotatable bonds is 2. The van der Waals surface area contributed by atoms with E-state index in [0.29, 0.717) is 11.0 Å². The Morgan fingerprint density at radius 2 is 1.95 bits per heavy atom. The second kappa shape index (κ2) is 4.28. The quantitative estimate of drug-likeness (QED) is 0.856. The summed E-state index contributed by atoms with van der Waals surface area (Å²) in [5.74, 6) is 0.737. The van der Waals surface area contributed by atoms with Crippen molar-refractivity contribution in [1.29, 1.82) is 0 Å². The van der Waals surface area contributed by atoms with Crippen LogP contribution in [0.2, 0.25) is 5.15 Å². The van der Waals surface area contributed by atoms with Gasteiger partial charge in [0.25, 0.3) is 0 Å². The molecule has 1 saturated carbocycles. The van der Waals surface area contributed by atoms with Gasteiger partial charge in [-0.2, -0.15) is 0 Å². The number of benzene rings is 1. The van der Waals surface area contributed by atoms with E-state index in [0.717, 1.165) is 24.0 Å². The number of fused-ring (bicyclic) bond motifs is 1. The summed E-state index contributed by atoms with van der Waals surface area (Å²) in [6, 6.07) is 11.8. The van der Waals surface area contributed by atoms with E-state index in [4.69, 9.17) is 11.6 Å². The van der Waals surface area contributed by atoms with E-state index in [1.54, 1.807) is 6.07 Å². The molecule has 1 amide bonds. The lowest BCUT2D eigenvalue weighted by molar-refractivity contribution is -0.121. The largest absolute Gasteiger partial charge is 0.291 e. The van der Waals surface area contributed by atoms with Crippen LogP contribution < -0.4 is 4.90 Å². The van der Waals surface area contributed by atoms with Crippen LogP contribution in [0.1, 0.15) is 30.9 Å². The number of halogens is 1. The van der Waals surface area contributed by atoms with Gasteiger partial charge in [0.2, 0.25) is 5.91 Å². The highest BCUT2D eigenvalue weighted by molar-refractivity contribution is 6.29. The van der Waals surface area contributed by atoms with Gasteiger partial charge in [-0.15, -0.1) is 10.2 Å². The van der Waals surface area contributed by atoms with Gasteiger partial charge >= 0.3 is 0 Å². The van der Waals surface area contributed by atoms with Crippen LogP contribution in [-0.4, -0.2) is 22.1 Å². The molecule has 2 aliphatic rings. The van der Waals surface area contributed by atoms with Crippen LogP contribution in [0, 0.1) is 0 Å². The monoisotopic (exact) mass is 299 g/mol. The van der Waals surface area contributed by atoms with Crippen molar-refractivity contribution in [3.8, 4) is 0 Å². The minimum absolute atomic E-state index is 0.0720. The predicted octanol–water partition coefficient (Wildman–Crippen LogP) is 2.95. The average molecular weight is 300 g/mol. The van der Waals surface area contributed by atoms with Crippen LogP contribution >= 0.6 is 11.6 Å². The third kappa shape index (κ3) is 1.72. The molecule has 1 aliphatic carbocycles. The number of carbonyl (C=O) groups excluding carboxylic acids is 1. The van der Waals surface area contributed by atoms with Crippen molar-refractivity contribution in [2.24, 2.45) is 0 Å². The second-order valence-corrected chi connectivity index (χ2v) is 6.19. The Morgan fingerprint density at radius 1 is 1.24 bits per heavy atom. The van der Waals surface area contributed by atoms with Crippen LogP contribution in [0.25, 0.3) is 0 Å². The Labute approximate surface area is 127 Å². The molecule has 106 valence electrons. The lowest BCUT2D eigenvalue weighted by atomic mass is 9.78. The fourth-order valence-electron chi connectivity index (χ4n) is 3.08. The molecule has 0 saturated heterocycles. The molecule has 4 rings (SSSR count). The zero-order valence-corrected chi connectivity index (χ0v) is 12.3. The molecule has 1 atom stereocenters. The lowest BCUT2D eigenvalue weighted by Gasteiger charge is -2.24. The van der Waals surface area contributed by atoms with Gasteiger partial charge in [-0.1, -0.05) is 41.9 Å². The maximum Gasteiger partial charge on any atom is 0.243 e. The highest BCUT2D eigenvalue weighted by Gasteiger charge is 2.53. The molecular weight excluding hydrogens is 286 g/mol. The maximum absolute atomic E-state index is 13.1. The highest BCUT2D eigenvalue weighted by Crippen LogP contribution is 2.48. The third-order valence-electron chi connectivity index (χ3n) is 4.42. The maximum atomic E-state index is 13.1. The molecule has 5 heteroatoms. The predicted molar refractivity (Wildman–Crippen MR) is 80.4 cm³/mol. The molecule has 2 aromatic rings. The van der Waals surface area contributed by atoms with Crippen molar-refractivity contribution < 1.29 is 4.79 Å². The third-order valence-corrected chi connectivity index (χ3v) is 4.61. The summed E-state index contributed by atoms with van der Waals surface area (Å²) in [5.41, 5.74) is 1.08. The van der Waals surface area contributed by atoms with E-state index < -0.39 is 5.41 Å². The van der Waals surface area contributed by atoms with Gasteiger partial charge in [-0.25, -0.2) is 0 Å². The molecule has 1 fully saturated rings. The van der Waals surface area contributed by atoms with Crippen LogP contribution in [-0.2, 0) is 10.2 Å². The van der Waals surface area contributed by atoms with Crippen LogP contribution in [0.15, 0.2) is 36.4 Å². The van der Waals surface area contributed by atoms with Gasteiger partial charge < -0.3 is 0 Å². The van der Waals surface area contributed by atoms with Crippen LogP contribution in [0.4, 0.5) is 5.82 Å². The minimum atomic E-state index is -0.737. The highest BCUT2D eigenvalue weighted by atomic mass is 35.5. The number of amides is 1. The summed E-state index contributed by atoms with van der Waals surface area (Å²) in [5, 5.41) is 8.44. The summed E-state index contributed by atoms with van der Waals surface area (Å²) in [4.78, 5) is 14.9. The van der Waals surface area contributed by atoms with Gasteiger partial charge in [0.05, 0.1) is 0 Å². The molecule has 1 aromatic heterocycles. The normalized spacial score (nSPS) is 24.3. The first kappa shape index (κ1) is 12.8. The smallest absolute Gasteiger partial charge is 0.243 e. The number of nitrogens with zero attached hydrogens (tertiary/aromatic N) is 3. The second-order valence-electron chi connectivity index (χ2n) is 5.80. The van der Waals surface area contributed by atoms with E-state index in [1.165, 1.54) is 0 Å². The molecule has 0 radical (unpaired) electrons. The zero-order valence-electron chi connectivity index (χ0n) is 11.6.